The number of Topliss-reactive ketones (excluding diaryl/α,β-unsaturated/α-hetero) is 1. The second-order valence-corrected chi connectivity index (χ2v) is 6.68. The van der Waals surface area contributed by atoms with Crippen LogP contribution in [0.15, 0.2) is 0 Å². The monoisotopic (exact) mass is 225 g/mol. The van der Waals surface area contributed by atoms with E-state index in [1.807, 2.05) is 27.7 Å². The van der Waals surface area contributed by atoms with Gasteiger partial charge in [-0.25, -0.2) is 0 Å². The quantitative estimate of drug-likeness (QED) is 0.802. The van der Waals surface area contributed by atoms with E-state index in [0.717, 1.165) is 12.8 Å². The molecule has 0 aromatic carbocycles. The highest BCUT2D eigenvalue weighted by atomic mass is 16.1. The highest BCUT2D eigenvalue weighted by Crippen LogP contribution is 2.38. The first-order valence-corrected chi connectivity index (χ1v) is 6.49. The highest BCUT2D eigenvalue weighted by Gasteiger charge is 2.43. The van der Waals surface area contributed by atoms with Gasteiger partial charge in [0, 0.05) is 16.9 Å². The topological polar surface area (TPSA) is 43.1 Å². The zero-order valence-electron chi connectivity index (χ0n) is 11.5. The van der Waals surface area contributed by atoms with Crippen LogP contribution < -0.4 is 5.73 Å². The molecular formula is C14H27NO. The molecule has 1 fully saturated rings. The normalized spacial score (nSPS) is 27.9. The van der Waals surface area contributed by atoms with Gasteiger partial charge in [0.2, 0.25) is 0 Å². The van der Waals surface area contributed by atoms with Gasteiger partial charge in [-0.15, -0.1) is 0 Å². The lowest BCUT2D eigenvalue weighted by Crippen LogP contribution is -2.53. The van der Waals surface area contributed by atoms with Crippen molar-refractivity contribution in [2.24, 2.45) is 23.0 Å². The number of hydrogen-bond donors (Lipinski definition) is 1. The van der Waals surface area contributed by atoms with Gasteiger partial charge in [0.25, 0.3) is 0 Å². The fraction of sp³-hybridized carbons (Fsp3) is 0.929. The van der Waals surface area contributed by atoms with E-state index in [4.69, 9.17) is 5.73 Å². The van der Waals surface area contributed by atoms with Crippen molar-refractivity contribution in [2.75, 3.05) is 0 Å². The Morgan fingerprint density at radius 3 is 2.19 bits per heavy atom. The molecule has 1 saturated carbocycles. The van der Waals surface area contributed by atoms with Gasteiger partial charge in [0.15, 0.2) is 0 Å². The van der Waals surface area contributed by atoms with Crippen LogP contribution in [0.2, 0.25) is 0 Å². The van der Waals surface area contributed by atoms with Crippen LogP contribution >= 0.6 is 0 Å². The van der Waals surface area contributed by atoms with E-state index in [2.05, 4.69) is 6.92 Å². The summed E-state index contributed by atoms with van der Waals surface area (Å²) >= 11 is 0. The van der Waals surface area contributed by atoms with Crippen LogP contribution in [0.5, 0.6) is 0 Å². The molecule has 16 heavy (non-hydrogen) atoms. The van der Waals surface area contributed by atoms with Crippen LogP contribution in [-0.2, 0) is 4.79 Å². The molecule has 0 bridgehead atoms. The zero-order chi connectivity index (χ0) is 12.6. The molecule has 2 heteroatoms. The summed E-state index contributed by atoms with van der Waals surface area (Å²) in [5, 5.41) is 0. The van der Waals surface area contributed by atoms with Gasteiger partial charge in [0.1, 0.15) is 5.78 Å². The number of rotatable bonds is 3. The number of carbonyl (C=O) groups is 1. The van der Waals surface area contributed by atoms with Crippen molar-refractivity contribution in [3.8, 4) is 0 Å². The Hall–Kier alpha value is -0.370. The van der Waals surface area contributed by atoms with Gasteiger partial charge in [-0.3, -0.25) is 4.79 Å². The van der Waals surface area contributed by atoms with E-state index >= 15 is 0 Å². The largest absolute Gasteiger partial charge is 0.325 e. The highest BCUT2D eigenvalue weighted by molar-refractivity contribution is 5.87. The lowest BCUT2D eigenvalue weighted by molar-refractivity contribution is -0.135. The Kier molecular flexibility index (Phi) is 3.83. The minimum Gasteiger partial charge on any atom is -0.325 e. The maximum Gasteiger partial charge on any atom is 0.143 e. The summed E-state index contributed by atoms with van der Waals surface area (Å²) in [5.41, 5.74) is 5.27. The molecule has 0 aromatic rings. The van der Waals surface area contributed by atoms with Crippen LogP contribution in [0, 0.1) is 17.3 Å². The van der Waals surface area contributed by atoms with Crippen LogP contribution in [0.4, 0.5) is 0 Å². The third-order valence-electron chi connectivity index (χ3n) is 4.53. The van der Waals surface area contributed by atoms with Crippen molar-refractivity contribution in [2.45, 2.75) is 65.8 Å². The molecule has 1 aliphatic rings. The van der Waals surface area contributed by atoms with E-state index in [-0.39, 0.29) is 5.92 Å². The Bertz CT molecular complexity index is 262. The molecule has 0 spiro atoms. The minimum absolute atomic E-state index is 0.238. The van der Waals surface area contributed by atoms with Crippen LogP contribution in [0.25, 0.3) is 0 Å². The summed E-state index contributed by atoms with van der Waals surface area (Å²) in [5.74, 6) is 1.30. The number of nitrogens with two attached hydrogens (primary N) is 1. The molecular weight excluding hydrogens is 198 g/mol. The summed E-state index contributed by atoms with van der Waals surface area (Å²) in [6.45, 7) is 10.2. The third kappa shape index (κ3) is 2.65. The molecule has 2 unspecified atom stereocenters. The standard InChI is InChI=1S/C14H27NO/c1-10-7-6-8-11(9-10)12(16)13(2,3)14(4,5)15/h10-11H,6-9,15H2,1-5H3. The van der Waals surface area contributed by atoms with Crippen molar-refractivity contribution in [1.29, 1.82) is 0 Å². The second kappa shape index (κ2) is 4.48. The van der Waals surface area contributed by atoms with Crippen LogP contribution in [0.3, 0.4) is 0 Å². The van der Waals surface area contributed by atoms with Crippen LogP contribution in [0.1, 0.15) is 60.3 Å². The zero-order valence-corrected chi connectivity index (χ0v) is 11.5. The maximum absolute atomic E-state index is 12.5. The lowest BCUT2D eigenvalue weighted by atomic mass is 9.65. The van der Waals surface area contributed by atoms with Gasteiger partial charge in [-0.1, -0.05) is 33.6 Å². The second-order valence-electron chi connectivity index (χ2n) is 6.68. The van der Waals surface area contributed by atoms with Gasteiger partial charge < -0.3 is 5.73 Å². The Labute approximate surface area is 100.0 Å². The van der Waals surface area contributed by atoms with Crippen molar-refractivity contribution in [3.05, 3.63) is 0 Å². The van der Waals surface area contributed by atoms with Crippen molar-refractivity contribution in [3.63, 3.8) is 0 Å². The van der Waals surface area contributed by atoms with Crippen molar-refractivity contribution < 1.29 is 4.79 Å². The fourth-order valence-electron chi connectivity index (χ4n) is 2.50. The molecule has 94 valence electrons. The van der Waals surface area contributed by atoms with E-state index < -0.39 is 11.0 Å². The van der Waals surface area contributed by atoms with Crippen LogP contribution in [-0.4, -0.2) is 11.3 Å². The molecule has 0 radical (unpaired) electrons. The first kappa shape index (κ1) is 13.7. The van der Waals surface area contributed by atoms with E-state index in [1.165, 1.54) is 12.8 Å². The van der Waals surface area contributed by atoms with Gasteiger partial charge in [0.05, 0.1) is 0 Å². The summed E-state index contributed by atoms with van der Waals surface area (Å²) < 4.78 is 0. The van der Waals surface area contributed by atoms with E-state index in [1.54, 1.807) is 0 Å². The smallest absolute Gasteiger partial charge is 0.143 e. The molecule has 0 saturated heterocycles. The predicted molar refractivity (Wildman–Crippen MR) is 68.2 cm³/mol. The van der Waals surface area contributed by atoms with Crippen molar-refractivity contribution >= 4 is 5.78 Å². The molecule has 0 heterocycles. The number of carbonyl (C=O) groups excluding carboxylic acids is 1. The third-order valence-corrected chi connectivity index (χ3v) is 4.53. The maximum atomic E-state index is 12.5. The summed E-state index contributed by atoms with van der Waals surface area (Å²) in [7, 11) is 0. The predicted octanol–water partition coefficient (Wildman–Crippen LogP) is 3.15. The SMILES string of the molecule is CC1CCCC(C(=O)C(C)(C)C(C)(C)N)C1. The first-order chi connectivity index (χ1) is 7.16. The molecule has 0 aromatic heterocycles. The average Bonchev–Trinajstić information content (AvgIpc) is 2.14. The Morgan fingerprint density at radius 2 is 1.75 bits per heavy atom. The minimum atomic E-state index is -0.440. The summed E-state index contributed by atoms with van der Waals surface area (Å²) in [6.07, 6.45) is 4.58. The molecule has 0 amide bonds. The molecule has 1 aliphatic carbocycles. The summed E-state index contributed by atoms with van der Waals surface area (Å²) in [4.78, 5) is 12.5. The van der Waals surface area contributed by atoms with E-state index in [0.29, 0.717) is 11.7 Å². The first-order valence-electron chi connectivity index (χ1n) is 6.49. The van der Waals surface area contributed by atoms with Crippen molar-refractivity contribution in [1.82, 2.24) is 0 Å². The summed E-state index contributed by atoms with van der Waals surface area (Å²) in [6, 6.07) is 0. The molecule has 1 rings (SSSR count). The molecule has 2 N–H and O–H groups in total. The Balaban J connectivity index is 2.77. The Morgan fingerprint density at radius 1 is 1.19 bits per heavy atom. The molecule has 2 atom stereocenters. The lowest BCUT2D eigenvalue weighted by Gasteiger charge is -2.41. The van der Waals surface area contributed by atoms with Gasteiger partial charge >= 0.3 is 0 Å². The average molecular weight is 225 g/mol. The van der Waals surface area contributed by atoms with Gasteiger partial charge in [-0.2, -0.15) is 0 Å². The number of ketones is 1. The van der Waals surface area contributed by atoms with Gasteiger partial charge in [-0.05, 0) is 32.6 Å². The fourth-order valence-corrected chi connectivity index (χ4v) is 2.50. The number of hydrogen-bond acceptors (Lipinski definition) is 2. The molecule has 2 nitrogen and oxygen atoms in total. The molecule has 0 aliphatic heterocycles. The van der Waals surface area contributed by atoms with E-state index in [9.17, 15) is 4.79 Å².